The van der Waals surface area contributed by atoms with Crippen molar-refractivity contribution >= 4 is 46.5 Å². The first-order valence-electron chi connectivity index (χ1n) is 7.38. The molecule has 1 aliphatic carbocycles. The van der Waals surface area contributed by atoms with Crippen molar-refractivity contribution in [3.63, 3.8) is 0 Å². The van der Waals surface area contributed by atoms with Gasteiger partial charge in [-0.05, 0) is 18.2 Å². The lowest BCUT2D eigenvalue weighted by Crippen LogP contribution is -2.17. The third-order valence-electron chi connectivity index (χ3n) is 3.72. The number of hydrogen-bond acceptors (Lipinski definition) is 3. The zero-order valence-corrected chi connectivity index (χ0v) is 14.3. The molecule has 6 nitrogen and oxygen atoms in total. The van der Waals surface area contributed by atoms with Crippen LogP contribution < -0.4 is 10.6 Å². The highest BCUT2D eigenvalue weighted by atomic mass is 35.5. The van der Waals surface area contributed by atoms with Gasteiger partial charge in [0.05, 0.1) is 15.6 Å². The summed E-state index contributed by atoms with van der Waals surface area (Å²) in [6, 6.07) is 7.65. The van der Waals surface area contributed by atoms with E-state index < -0.39 is 5.91 Å². The summed E-state index contributed by atoms with van der Waals surface area (Å²) in [6.07, 6.45) is 2.02. The Morgan fingerprint density at radius 2 is 1.92 bits per heavy atom. The predicted molar refractivity (Wildman–Crippen MR) is 95.8 cm³/mol. The van der Waals surface area contributed by atoms with E-state index in [0.29, 0.717) is 17.9 Å². The standard InChI is InChI=1S/C17H12Cl2N4O2/c1-20-13-8-10(13)16(24)23-14-7-9(5-6-21-14)22-17(25)15-11(18)3-2-4-12(15)19/h2-7,10,13H,8H2,(H2,21,22,23,24,25)/t10-,13+/m0/s1. The first-order chi connectivity index (χ1) is 12.0. The molecule has 0 aliphatic heterocycles. The van der Waals surface area contributed by atoms with E-state index in [1.165, 1.54) is 12.3 Å². The quantitative estimate of drug-likeness (QED) is 0.797. The monoisotopic (exact) mass is 374 g/mol. The maximum Gasteiger partial charge on any atom is 0.258 e. The van der Waals surface area contributed by atoms with Crippen molar-refractivity contribution in [1.82, 2.24) is 4.98 Å². The Balaban J connectivity index is 1.71. The van der Waals surface area contributed by atoms with Crippen molar-refractivity contribution in [2.24, 2.45) is 5.92 Å². The maximum absolute atomic E-state index is 12.4. The van der Waals surface area contributed by atoms with Gasteiger partial charge in [-0.3, -0.25) is 9.59 Å². The number of halogens is 2. The van der Waals surface area contributed by atoms with Crippen molar-refractivity contribution < 1.29 is 9.59 Å². The molecule has 2 amide bonds. The van der Waals surface area contributed by atoms with Crippen molar-refractivity contribution in [2.45, 2.75) is 12.5 Å². The molecule has 2 aromatic rings. The van der Waals surface area contributed by atoms with Crippen LogP contribution in [0.2, 0.25) is 10.0 Å². The summed E-state index contributed by atoms with van der Waals surface area (Å²) in [5, 5.41) is 5.80. The third-order valence-corrected chi connectivity index (χ3v) is 4.35. The highest BCUT2D eigenvalue weighted by molar-refractivity contribution is 6.40. The van der Waals surface area contributed by atoms with Gasteiger partial charge in [0.15, 0.2) is 0 Å². The fraction of sp³-hybridized carbons (Fsp3) is 0.176. The molecular weight excluding hydrogens is 363 g/mol. The fourth-order valence-corrected chi connectivity index (χ4v) is 2.88. The minimum atomic E-state index is -0.464. The van der Waals surface area contributed by atoms with Crippen LogP contribution in [0.25, 0.3) is 4.85 Å². The molecule has 0 bridgehead atoms. The SMILES string of the molecule is [C-]#[N+][C@@H]1C[C@@H]1C(=O)Nc1cc(NC(=O)c2c(Cl)cccc2Cl)ccn1. The van der Waals surface area contributed by atoms with Crippen LogP contribution in [0.3, 0.4) is 0 Å². The molecule has 1 aliphatic rings. The van der Waals surface area contributed by atoms with Crippen molar-refractivity contribution in [1.29, 1.82) is 0 Å². The molecule has 1 aromatic heterocycles. The lowest BCUT2D eigenvalue weighted by molar-refractivity contribution is -0.117. The minimum absolute atomic E-state index is 0.172. The third kappa shape index (κ3) is 3.90. The van der Waals surface area contributed by atoms with Gasteiger partial charge < -0.3 is 15.5 Å². The van der Waals surface area contributed by atoms with Gasteiger partial charge in [-0.25, -0.2) is 11.6 Å². The molecule has 1 heterocycles. The summed E-state index contributed by atoms with van der Waals surface area (Å²) in [5.41, 5.74) is 0.606. The van der Waals surface area contributed by atoms with E-state index >= 15 is 0 Å². The molecule has 2 N–H and O–H groups in total. The summed E-state index contributed by atoms with van der Waals surface area (Å²) in [7, 11) is 0. The van der Waals surface area contributed by atoms with E-state index in [-0.39, 0.29) is 33.5 Å². The van der Waals surface area contributed by atoms with Gasteiger partial charge >= 0.3 is 0 Å². The number of carbonyl (C=O) groups is 2. The summed E-state index contributed by atoms with van der Waals surface area (Å²) < 4.78 is 0. The number of aromatic nitrogens is 1. The molecule has 8 heteroatoms. The van der Waals surface area contributed by atoms with Crippen LogP contribution >= 0.6 is 23.2 Å². The van der Waals surface area contributed by atoms with Gasteiger partial charge in [-0.15, -0.1) is 0 Å². The molecule has 1 saturated carbocycles. The average Bonchev–Trinajstić information content (AvgIpc) is 3.35. The number of hydrogen-bond donors (Lipinski definition) is 2. The van der Waals surface area contributed by atoms with Gasteiger partial charge in [0, 0.05) is 24.4 Å². The Hall–Kier alpha value is -2.62. The number of carbonyl (C=O) groups excluding carboxylic acids is 2. The molecule has 25 heavy (non-hydrogen) atoms. The van der Waals surface area contributed by atoms with E-state index in [2.05, 4.69) is 20.5 Å². The van der Waals surface area contributed by atoms with Crippen LogP contribution in [0.1, 0.15) is 16.8 Å². The summed E-state index contributed by atoms with van der Waals surface area (Å²) in [5.74, 6) is -0.705. The lowest BCUT2D eigenvalue weighted by Gasteiger charge is -2.09. The van der Waals surface area contributed by atoms with Crippen molar-refractivity contribution in [3.8, 4) is 0 Å². The molecule has 2 atom stereocenters. The average molecular weight is 375 g/mol. The second-order valence-corrected chi connectivity index (χ2v) is 6.32. The van der Waals surface area contributed by atoms with Crippen molar-refractivity contribution in [3.05, 3.63) is 63.6 Å². The van der Waals surface area contributed by atoms with Crippen LogP contribution in [0.15, 0.2) is 36.5 Å². The number of amides is 2. The second kappa shape index (κ2) is 7.09. The van der Waals surface area contributed by atoms with Crippen LogP contribution in [0, 0.1) is 12.5 Å². The van der Waals surface area contributed by atoms with E-state index in [1.54, 1.807) is 24.3 Å². The molecule has 0 unspecified atom stereocenters. The fourth-order valence-electron chi connectivity index (χ4n) is 2.31. The molecule has 0 radical (unpaired) electrons. The minimum Gasteiger partial charge on any atom is -0.322 e. The maximum atomic E-state index is 12.4. The van der Waals surface area contributed by atoms with Gasteiger partial charge in [0.2, 0.25) is 11.9 Å². The molecule has 3 rings (SSSR count). The van der Waals surface area contributed by atoms with Crippen LogP contribution in [-0.2, 0) is 4.79 Å². The Labute approximate surface area is 154 Å². The second-order valence-electron chi connectivity index (χ2n) is 5.51. The van der Waals surface area contributed by atoms with Gasteiger partial charge in [-0.2, -0.15) is 0 Å². The number of pyridine rings is 1. The van der Waals surface area contributed by atoms with Gasteiger partial charge in [0.1, 0.15) is 11.7 Å². The van der Waals surface area contributed by atoms with Gasteiger partial charge in [-0.1, -0.05) is 29.3 Å². The lowest BCUT2D eigenvalue weighted by atomic mass is 10.2. The first-order valence-corrected chi connectivity index (χ1v) is 8.14. The first kappa shape index (κ1) is 17.2. The summed E-state index contributed by atoms with van der Waals surface area (Å²) in [4.78, 5) is 31.7. The Bertz CT molecular complexity index is 874. The van der Waals surface area contributed by atoms with Crippen LogP contribution in [0.4, 0.5) is 11.5 Å². The molecular formula is C17H12Cl2N4O2. The predicted octanol–water partition coefficient (Wildman–Crippen LogP) is 3.89. The normalized spacial score (nSPS) is 18.1. The number of rotatable bonds is 4. The topological polar surface area (TPSA) is 75.5 Å². The number of anilines is 2. The number of nitrogens with zero attached hydrogens (tertiary/aromatic N) is 2. The highest BCUT2D eigenvalue weighted by Crippen LogP contribution is 2.34. The number of benzene rings is 1. The molecule has 0 saturated heterocycles. The summed E-state index contributed by atoms with van der Waals surface area (Å²) in [6.45, 7) is 6.91. The van der Waals surface area contributed by atoms with E-state index in [0.717, 1.165) is 0 Å². The van der Waals surface area contributed by atoms with E-state index in [4.69, 9.17) is 29.8 Å². The van der Waals surface area contributed by atoms with Gasteiger partial charge in [0.25, 0.3) is 5.91 Å². The zero-order chi connectivity index (χ0) is 18.0. The van der Waals surface area contributed by atoms with E-state index in [9.17, 15) is 9.59 Å². The molecule has 126 valence electrons. The highest BCUT2D eigenvalue weighted by Gasteiger charge is 2.49. The van der Waals surface area contributed by atoms with Crippen LogP contribution in [-0.4, -0.2) is 22.8 Å². The van der Waals surface area contributed by atoms with E-state index in [1.807, 2.05) is 0 Å². The summed E-state index contributed by atoms with van der Waals surface area (Å²) >= 11 is 12.0. The smallest absolute Gasteiger partial charge is 0.258 e. The molecule has 1 aromatic carbocycles. The molecule has 0 spiro atoms. The Kier molecular flexibility index (Phi) is 4.88. The van der Waals surface area contributed by atoms with Crippen molar-refractivity contribution in [2.75, 3.05) is 10.6 Å². The largest absolute Gasteiger partial charge is 0.322 e. The Morgan fingerprint density at radius 1 is 1.20 bits per heavy atom. The molecule has 1 fully saturated rings. The van der Waals surface area contributed by atoms with Crippen LogP contribution in [0.5, 0.6) is 0 Å². The zero-order valence-electron chi connectivity index (χ0n) is 12.8. The number of nitrogens with one attached hydrogen (secondary N) is 2. The Morgan fingerprint density at radius 3 is 2.56 bits per heavy atom.